The summed E-state index contributed by atoms with van der Waals surface area (Å²) in [5.41, 5.74) is 1.72. The van der Waals surface area contributed by atoms with Crippen molar-refractivity contribution < 1.29 is 23.5 Å². The number of hydrogen-bond acceptors (Lipinski definition) is 8. The Morgan fingerprint density at radius 2 is 1.93 bits per heavy atom. The number of ether oxygens (including phenoxy) is 3. The Morgan fingerprint density at radius 1 is 1.13 bits per heavy atom. The molecule has 9 heteroatoms. The maximum atomic E-state index is 12.1. The smallest absolute Gasteiger partial charge is 0.316 e. The fourth-order valence-corrected chi connectivity index (χ4v) is 2.78. The van der Waals surface area contributed by atoms with E-state index in [0.29, 0.717) is 30.5 Å². The molecule has 0 fully saturated rings. The van der Waals surface area contributed by atoms with E-state index in [4.69, 9.17) is 18.7 Å². The summed E-state index contributed by atoms with van der Waals surface area (Å²) in [5, 5.41) is 6.63. The fraction of sp³-hybridized carbons (Fsp3) is 0.286. The van der Waals surface area contributed by atoms with E-state index in [1.807, 2.05) is 55.4 Å². The van der Waals surface area contributed by atoms with Gasteiger partial charge in [-0.3, -0.25) is 4.79 Å². The second-order valence-corrected chi connectivity index (χ2v) is 6.98. The summed E-state index contributed by atoms with van der Waals surface area (Å²) in [6.45, 7) is 1.85. The van der Waals surface area contributed by atoms with Crippen molar-refractivity contribution in [1.29, 1.82) is 0 Å². The molecule has 1 aromatic heterocycles. The Hall–Kier alpha value is -3.59. The van der Waals surface area contributed by atoms with Gasteiger partial charge < -0.3 is 29.0 Å². The van der Waals surface area contributed by atoms with Gasteiger partial charge in [-0.25, -0.2) is 0 Å². The molecule has 4 rings (SSSR count). The van der Waals surface area contributed by atoms with Gasteiger partial charge in [-0.05, 0) is 31.8 Å². The van der Waals surface area contributed by atoms with Crippen molar-refractivity contribution in [2.75, 3.05) is 34.0 Å². The average Bonchev–Trinajstić information content (AvgIpc) is 3.41. The van der Waals surface area contributed by atoms with E-state index < -0.39 is 0 Å². The third-order valence-corrected chi connectivity index (χ3v) is 4.43. The number of benzene rings is 2. The first-order valence-corrected chi connectivity index (χ1v) is 9.47. The minimum Gasteiger partial charge on any atom is -0.489 e. The van der Waals surface area contributed by atoms with Crippen LogP contribution in [0.25, 0.3) is 11.4 Å². The number of likely N-dealkylation sites (N-methyl/N-ethyl adjacent to an activating group) is 1. The van der Waals surface area contributed by atoms with Crippen molar-refractivity contribution in [3.8, 4) is 28.6 Å². The summed E-state index contributed by atoms with van der Waals surface area (Å²) in [5.74, 6) is 2.02. The molecule has 30 heavy (non-hydrogen) atoms. The van der Waals surface area contributed by atoms with E-state index in [9.17, 15) is 4.79 Å². The molecule has 0 atom stereocenters. The van der Waals surface area contributed by atoms with Gasteiger partial charge in [-0.2, -0.15) is 4.98 Å². The maximum Gasteiger partial charge on any atom is 0.316 e. The molecule has 1 N–H and O–H groups in total. The summed E-state index contributed by atoms with van der Waals surface area (Å²) in [4.78, 5) is 18.2. The monoisotopic (exact) mass is 410 g/mol. The zero-order valence-corrected chi connectivity index (χ0v) is 16.8. The van der Waals surface area contributed by atoms with E-state index in [2.05, 4.69) is 15.5 Å². The number of amides is 1. The molecule has 1 amide bonds. The van der Waals surface area contributed by atoms with Gasteiger partial charge in [-0.1, -0.05) is 29.4 Å². The predicted octanol–water partition coefficient (Wildman–Crippen LogP) is 2.34. The van der Waals surface area contributed by atoms with E-state index in [1.165, 1.54) is 0 Å². The normalized spacial score (nSPS) is 12.2. The van der Waals surface area contributed by atoms with Crippen molar-refractivity contribution in [3.63, 3.8) is 0 Å². The lowest BCUT2D eigenvalue weighted by Gasteiger charge is -2.08. The average molecular weight is 410 g/mol. The standard InChI is InChI=1S/C21H22N4O5/c1-25(2)10-9-22-20(26)21-23-19(24-30-21)15-5-3-14(4-6-15)12-27-16-7-8-17-18(11-16)29-13-28-17/h3-8,11H,9-10,12-13H2,1-2H3,(H,22,26). The number of aromatic nitrogens is 2. The van der Waals surface area contributed by atoms with E-state index in [1.54, 1.807) is 6.07 Å². The molecule has 0 unspecified atom stereocenters. The molecule has 156 valence electrons. The molecule has 9 nitrogen and oxygen atoms in total. The first kappa shape index (κ1) is 19.7. The summed E-state index contributed by atoms with van der Waals surface area (Å²) in [7, 11) is 3.86. The molecule has 0 bridgehead atoms. The maximum absolute atomic E-state index is 12.1. The van der Waals surface area contributed by atoms with Gasteiger partial charge in [0, 0.05) is 24.7 Å². The lowest BCUT2D eigenvalue weighted by Crippen LogP contribution is -2.31. The number of nitrogens with zero attached hydrogens (tertiary/aromatic N) is 3. The SMILES string of the molecule is CN(C)CCNC(=O)c1nc(-c2ccc(COc3ccc4c(c3)OCO4)cc2)no1. The van der Waals surface area contributed by atoms with Crippen LogP contribution in [0.15, 0.2) is 47.0 Å². The number of rotatable bonds is 8. The summed E-state index contributed by atoms with van der Waals surface area (Å²) >= 11 is 0. The Bertz CT molecular complexity index is 1020. The van der Waals surface area contributed by atoms with Crippen LogP contribution in [0, 0.1) is 0 Å². The number of fused-ring (bicyclic) bond motifs is 1. The van der Waals surface area contributed by atoms with Crippen molar-refractivity contribution in [2.24, 2.45) is 0 Å². The molecule has 2 aromatic carbocycles. The van der Waals surface area contributed by atoms with Crippen LogP contribution in [0.5, 0.6) is 17.2 Å². The zero-order valence-electron chi connectivity index (χ0n) is 16.8. The third-order valence-electron chi connectivity index (χ3n) is 4.43. The van der Waals surface area contributed by atoms with Crippen LogP contribution in [0.4, 0.5) is 0 Å². The first-order chi connectivity index (χ1) is 14.6. The summed E-state index contributed by atoms with van der Waals surface area (Å²) in [6, 6.07) is 13.0. The third kappa shape index (κ3) is 4.69. The zero-order chi connectivity index (χ0) is 20.9. The summed E-state index contributed by atoms with van der Waals surface area (Å²) < 4.78 is 21.5. The number of carbonyl (C=O) groups is 1. The molecule has 0 radical (unpaired) electrons. The largest absolute Gasteiger partial charge is 0.489 e. The van der Waals surface area contributed by atoms with Crippen molar-refractivity contribution in [1.82, 2.24) is 20.4 Å². The molecule has 3 aromatic rings. The van der Waals surface area contributed by atoms with Gasteiger partial charge in [-0.15, -0.1) is 0 Å². The Labute approximate surface area is 173 Å². The topological polar surface area (TPSA) is 99.0 Å². The highest BCUT2D eigenvalue weighted by Crippen LogP contribution is 2.35. The molecule has 1 aliphatic rings. The molecular formula is C21H22N4O5. The lowest BCUT2D eigenvalue weighted by atomic mass is 10.1. The molecule has 0 aliphatic carbocycles. The number of carbonyl (C=O) groups excluding carboxylic acids is 1. The van der Waals surface area contributed by atoms with Crippen LogP contribution in [0.3, 0.4) is 0 Å². The van der Waals surface area contributed by atoms with Crippen molar-refractivity contribution in [2.45, 2.75) is 6.61 Å². The molecule has 0 saturated carbocycles. The van der Waals surface area contributed by atoms with Crippen LogP contribution in [-0.2, 0) is 6.61 Å². The first-order valence-electron chi connectivity index (χ1n) is 9.47. The minimum atomic E-state index is -0.385. The second-order valence-electron chi connectivity index (χ2n) is 6.98. The highest BCUT2D eigenvalue weighted by Gasteiger charge is 2.16. The minimum absolute atomic E-state index is 0.0565. The van der Waals surface area contributed by atoms with Gasteiger partial charge in [0.15, 0.2) is 11.5 Å². The molecular weight excluding hydrogens is 388 g/mol. The Morgan fingerprint density at radius 3 is 2.73 bits per heavy atom. The van der Waals surface area contributed by atoms with E-state index in [-0.39, 0.29) is 18.6 Å². The fourth-order valence-electron chi connectivity index (χ4n) is 2.78. The van der Waals surface area contributed by atoms with Crippen molar-refractivity contribution in [3.05, 3.63) is 53.9 Å². The van der Waals surface area contributed by atoms with E-state index >= 15 is 0 Å². The van der Waals surface area contributed by atoms with E-state index in [0.717, 1.165) is 23.4 Å². The van der Waals surface area contributed by atoms with Crippen molar-refractivity contribution >= 4 is 5.91 Å². The van der Waals surface area contributed by atoms with Crippen LogP contribution in [-0.4, -0.2) is 54.9 Å². The molecule has 2 heterocycles. The van der Waals surface area contributed by atoms with Crippen LogP contribution < -0.4 is 19.5 Å². The van der Waals surface area contributed by atoms with Gasteiger partial charge >= 0.3 is 11.8 Å². The summed E-state index contributed by atoms with van der Waals surface area (Å²) in [6.07, 6.45) is 0. The van der Waals surface area contributed by atoms with Crippen LogP contribution >= 0.6 is 0 Å². The van der Waals surface area contributed by atoms with Crippen LogP contribution in [0.1, 0.15) is 16.2 Å². The Balaban J connectivity index is 1.33. The molecule has 1 aliphatic heterocycles. The number of nitrogens with one attached hydrogen (secondary N) is 1. The second kappa shape index (κ2) is 8.83. The number of hydrogen-bond donors (Lipinski definition) is 1. The quantitative estimate of drug-likeness (QED) is 0.604. The van der Waals surface area contributed by atoms with Gasteiger partial charge in [0.2, 0.25) is 12.6 Å². The highest BCUT2D eigenvalue weighted by atomic mass is 16.7. The van der Waals surface area contributed by atoms with Gasteiger partial charge in [0.05, 0.1) is 0 Å². The highest BCUT2D eigenvalue weighted by molar-refractivity contribution is 5.89. The van der Waals surface area contributed by atoms with Crippen LogP contribution in [0.2, 0.25) is 0 Å². The van der Waals surface area contributed by atoms with Gasteiger partial charge in [0.25, 0.3) is 0 Å². The molecule has 0 spiro atoms. The van der Waals surface area contributed by atoms with Gasteiger partial charge in [0.1, 0.15) is 12.4 Å². The predicted molar refractivity (Wildman–Crippen MR) is 108 cm³/mol. The lowest BCUT2D eigenvalue weighted by molar-refractivity contribution is 0.0907. The Kier molecular flexibility index (Phi) is 5.80. The molecule has 0 saturated heterocycles.